The van der Waals surface area contributed by atoms with Gasteiger partial charge in [-0.15, -0.1) is 0 Å². The van der Waals surface area contributed by atoms with Crippen LogP contribution in [0.5, 0.6) is 0 Å². The van der Waals surface area contributed by atoms with Gasteiger partial charge in [0.05, 0.1) is 49.8 Å². The van der Waals surface area contributed by atoms with E-state index in [9.17, 15) is 10.2 Å². The van der Waals surface area contributed by atoms with Crippen LogP contribution in [0.3, 0.4) is 0 Å². The predicted octanol–water partition coefficient (Wildman–Crippen LogP) is 2.11. The third-order valence-electron chi connectivity index (χ3n) is 3.42. The summed E-state index contributed by atoms with van der Waals surface area (Å²) in [5, 5.41) is 18.5. The van der Waals surface area contributed by atoms with Crippen molar-refractivity contribution in [3.05, 3.63) is 0 Å². The zero-order chi connectivity index (χ0) is 18.3. The van der Waals surface area contributed by atoms with Crippen LogP contribution >= 0.6 is 0 Å². The van der Waals surface area contributed by atoms with Crippen molar-refractivity contribution in [1.29, 1.82) is 0 Å². The van der Waals surface area contributed by atoms with Crippen molar-refractivity contribution in [3.63, 3.8) is 0 Å². The molecule has 0 rings (SSSR count). The second-order valence-electron chi connectivity index (χ2n) is 7.23. The Morgan fingerprint density at radius 3 is 1.78 bits per heavy atom. The lowest BCUT2D eigenvalue weighted by atomic mass is 10.0. The number of hydrogen-bond acceptors (Lipinski definition) is 6. The quantitative estimate of drug-likeness (QED) is 0.532. The zero-order valence-electron chi connectivity index (χ0n) is 16.0. The van der Waals surface area contributed by atoms with Crippen molar-refractivity contribution in [1.82, 2.24) is 0 Å². The Bertz CT molecular complexity index is 314. The molecule has 0 fully saturated rings. The second kappa shape index (κ2) is 9.91. The van der Waals surface area contributed by atoms with E-state index >= 15 is 0 Å². The molecule has 0 aliphatic carbocycles. The standard InChI is InChI=1S/C17H36O6/c1-12(18)9-20-14(3)11-22-17(7,8)23-15(4)16(5,6)21-10-13(2)19/h12-15,18-19H,9-11H2,1-8H3. The van der Waals surface area contributed by atoms with Crippen LogP contribution in [0.2, 0.25) is 0 Å². The molecule has 0 radical (unpaired) electrons. The van der Waals surface area contributed by atoms with Gasteiger partial charge in [-0.2, -0.15) is 0 Å². The van der Waals surface area contributed by atoms with Crippen LogP contribution < -0.4 is 0 Å². The fourth-order valence-corrected chi connectivity index (χ4v) is 1.72. The van der Waals surface area contributed by atoms with Gasteiger partial charge in [-0.3, -0.25) is 0 Å². The summed E-state index contributed by atoms with van der Waals surface area (Å²) in [6, 6.07) is 0. The zero-order valence-corrected chi connectivity index (χ0v) is 16.0. The lowest BCUT2D eigenvalue weighted by Gasteiger charge is -2.38. The number of ether oxygens (including phenoxy) is 4. The van der Waals surface area contributed by atoms with Crippen LogP contribution in [0.25, 0.3) is 0 Å². The summed E-state index contributed by atoms with van der Waals surface area (Å²) >= 11 is 0. The largest absolute Gasteiger partial charge is 0.391 e. The fraction of sp³-hybridized carbons (Fsp3) is 1.00. The van der Waals surface area contributed by atoms with Gasteiger partial charge in [-0.1, -0.05) is 0 Å². The van der Waals surface area contributed by atoms with Crippen LogP contribution in [0.15, 0.2) is 0 Å². The molecule has 0 aromatic rings. The SMILES string of the molecule is CC(O)COC(C)COC(C)(C)OC(C)C(C)(C)OCC(C)O. The molecule has 6 nitrogen and oxygen atoms in total. The summed E-state index contributed by atoms with van der Waals surface area (Å²) in [6.45, 7) is 15.6. The Labute approximate surface area is 141 Å². The molecule has 0 aromatic carbocycles. The highest BCUT2D eigenvalue weighted by atomic mass is 16.7. The minimum absolute atomic E-state index is 0.137. The van der Waals surface area contributed by atoms with Crippen molar-refractivity contribution in [2.45, 2.75) is 91.2 Å². The second-order valence-corrected chi connectivity index (χ2v) is 7.23. The van der Waals surface area contributed by atoms with Crippen molar-refractivity contribution in [2.24, 2.45) is 0 Å². The smallest absolute Gasteiger partial charge is 0.163 e. The minimum Gasteiger partial charge on any atom is -0.391 e. The van der Waals surface area contributed by atoms with Gasteiger partial charge in [0.15, 0.2) is 5.79 Å². The maximum atomic E-state index is 9.34. The normalized spacial score (nSPS) is 18.5. The van der Waals surface area contributed by atoms with Gasteiger partial charge < -0.3 is 29.2 Å². The molecule has 140 valence electrons. The third kappa shape index (κ3) is 11.0. The maximum Gasteiger partial charge on any atom is 0.163 e. The molecule has 0 spiro atoms. The lowest BCUT2D eigenvalue weighted by Crippen LogP contribution is -2.46. The van der Waals surface area contributed by atoms with Gasteiger partial charge in [0, 0.05) is 0 Å². The summed E-state index contributed by atoms with van der Waals surface area (Å²) in [5.74, 6) is -0.798. The van der Waals surface area contributed by atoms with E-state index in [1.807, 2.05) is 41.5 Å². The summed E-state index contributed by atoms with van der Waals surface area (Å²) in [5.41, 5.74) is -0.550. The molecule has 6 heteroatoms. The Hall–Kier alpha value is -0.240. The summed E-state index contributed by atoms with van der Waals surface area (Å²) in [6.07, 6.45) is -1.38. The average Bonchev–Trinajstić information content (AvgIpc) is 2.40. The third-order valence-corrected chi connectivity index (χ3v) is 3.42. The first-order valence-electron chi connectivity index (χ1n) is 8.29. The fourth-order valence-electron chi connectivity index (χ4n) is 1.72. The lowest BCUT2D eigenvalue weighted by molar-refractivity contribution is -0.274. The first-order valence-corrected chi connectivity index (χ1v) is 8.29. The van der Waals surface area contributed by atoms with E-state index in [0.29, 0.717) is 6.61 Å². The molecule has 2 N–H and O–H groups in total. The molecule has 0 heterocycles. The predicted molar refractivity (Wildman–Crippen MR) is 89.4 cm³/mol. The molecular weight excluding hydrogens is 300 g/mol. The van der Waals surface area contributed by atoms with Crippen molar-refractivity contribution in [3.8, 4) is 0 Å². The number of hydrogen-bond donors (Lipinski definition) is 2. The molecule has 0 aliphatic heterocycles. The highest BCUT2D eigenvalue weighted by molar-refractivity contribution is 4.79. The van der Waals surface area contributed by atoms with E-state index in [2.05, 4.69) is 0 Å². The van der Waals surface area contributed by atoms with Gasteiger partial charge in [-0.05, 0) is 55.4 Å². The number of aliphatic hydroxyl groups is 2. The van der Waals surface area contributed by atoms with Crippen LogP contribution in [0.1, 0.15) is 55.4 Å². The molecule has 0 saturated heterocycles. The molecule has 0 bridgehead atoms. The van der Waals surface area contributed by atoms with Gasteiger partial charge >= 0.3 is 0 Å². The molecule has 23 heavy (non-hydrogen) atoms. The monoisotopic (exact) mass is 336 g/mol. The van der Waals surface area contributed by atoms with Crippen LogP contribution in [0.4, 0.5) is 0 Å². The van der Waals surface area contributed by atoms with Gasteiger partial charge in [0.2, 0.25) is 0 Å². The Balaban J connectivity index is 4.32. The molecule has 0 aliphatic rings. The van der Waals surface area contributed by atoms with E-state index in [0.717, 1.165) is 0 Å². The van der Waals surface area contributed by atoms with E-state index in [4.69, 9.17) is 18.9 Å². The summed E-state index contributed by atoms with van der Waals surface area (Å²) in [7, 11) is 0. The van der Waals surface area contributed by atoms with Crippen LogP contribution in [-0.4, -0.2) is 65.8 Å². The van der Waals surface area contributed by atoms with Crippen LogP contribution in [0, 0.1) is 0 Å². The molecule has 0 amide bonds. The van der Waals surface area contributed by atoms with Gasteiger partial charge in [0.1, 0.15) is 0 Å². The summed E-state index contributed by atoms with van der Waals surface area (Å²) < 4.78 is 22.9. The molecule has 4 unspecified atom stereocenters. The Kier molecular flexibility index (Phi) is 9.81. The maximum absolute atomic E-state index is 9.34. The molecule has 0 aromatic heterocycles. The molecule has 0 saturated carbocycles. The van der Waals surface area contributed by atoms with Crippen LogP contribution in [-0.2, 0) is 18.9 Å². The highest BCUT2D eigenvalue weighted by Crippen LogP contribution is 2.24. The summed E-state index contributed by atoms with van der Waals surface area (Å²) in [4.78, 5) is 0. The van der Waals surface area contributed by atoms with Crippen molar-refractivity contribution < 1.29 is 29.2 Å². The van der Waals surface area contributed by atoms with E-state index in [1.165, 1.54) is 0 Å². The van der Waals surface area contributed by atoms with E-state index < -0.39 is 23.6 Å². The van der Waals surface area contributed by atoms with E-state index in [-0.39, 0.29) is 25.4 Å². The highest BCUT2D eigenvalue weighted by Gasteiger charge is 2.33. The number of aliphatic hydroxyl groups excluding tert-OH is 2. The first kappa shape index (κ1) is 22.8. The van der Waals surface area contributed by atoms with Gasteiger partial charge in [-0.25, -0.2) is 0 Å². The van der Waals surface area contributed by atoms with Gasteiger partial charge in [0.25, 0.3) is 0 Å². The first-order chi connectivity index (χ1) is 10.4. The van der Waals surface area contributed by atoms with Crippen molar-refractivity contribution in [2.75, 3.05) is 19.8 Å². The molecular formula is C17H36O6. The topological polar surface area (TPSA) is 77.4 Å². The van der Waals surface area contributed by atoms with Crippen molar-refractivity contribution >= 4 is 0 Å². The average molecular weight is 336 g/mol. The number of rotatable bonds is 12. The minimum atomic E-state index is -0.798. The molecule has 4 atom stereocenters. The Morgan fingerprint density at radius 2 is 1.30 bits per heavy atom. The Morgan fingerprint density at radius 1 is 0.783 bits per heavy atom. The van der Waals surface area contributed by atoms with E-state index in [1.54, 1.807) is 13.8 Å².